The van der Waals surface area contributed by atoms with E-state index in [2.05, 4.69) is 40.4 Å². The number of hydrogen-bond acceptors (Lipinski definition) is 6. The molecule has 0 aromatic carbocycles. The minimum absolute atomic E-state index is 0.171. The predicted octanol–water partition coefficient (Wildman–Crippen LogP) is 2.35. The molecule has 2 aliphatic carbocycles. The molecule has 3 aliphatic rings. The van der Waals surface area contributed by atoms with Crippen LogP contribution in [0, 0.1) is 5.92 Å². The maximum absolute atomic E-state index is 9.62. The molecule has 2 unspecified atom stereocenters. The van der Waals surface area contributed by atoms with E-state index < -0.39 is 0 Å². The van der Waals surface area contributed by atoms with Crippen molar-refractivity contribution in [2.24, 2.45) is 11.0 Å². The highest BCUT2D eigenvalue weighted by Gasteiger charge is 2.33. The summed E-state index contributed by atoms with van der Waals surface area (Å²) in [5.74, 6) is 1.98. The van der Waals surface area contributed by atoms with Crippen LogP contribution < -0.4 is 0 Å². The Kier molecular flexibility index (Phi) is 3.56. The molecule has 0 amide bonds. The van der Waals surface area contributed by atoms with Crippen LogP contribution in [0.3, 0.4) is 0 Å². The van der Waals surface area contributed by atoms with Crippen molar-refractivity contribution in [3.63, 3.8) is 0 Å². The summed E-state index contributed by atoms with van der Waals surface area (Å²) < 4.78 is 5.49. The highest BCUT2D eigenvalue weighted by molar-refractivity contribution is 5.90. The first-order valence-electron chi connectivity index (χ1n) is 8.32. The molecule has 1 aliphatic heterocycles. The van der Waals surface area contributed by atoms with Gasteiger partial charge in [0.05, 0.1) is 12.1 Å². The molecular weight excluding hydrogens is 292 g/mol. The molecule has 2 heterocycles. The Labute approximate surface area is 135 Å². The Balaban J connectivity index is 1.53. The van der Waals surface area contributed by atoms with E-state index in [0.717, 1.165) is 37.0 Å². The van der Waals surface area contributed by atoms with E-state index in [1.165, 1.54) is 0 Å². The number of rotatable bonds is 2. The molecule has 0 spiro atoms. The summed E-state index contributed by atoms with van der Waals surface area (Å²) in [6.07, 6.45) is 9.70. The van der Waals surface area contributed by atoms with Crippen LogP contribution in [0.2, 0.25) is 0 Å². The van der Waals surface area contributed by atoms with E-state index in [1.54, 1.807) is 0 Å². The standard InChI is InChI=1S/C17H22N4O2/c1-10-14-8-5-12(9-15(14)21(2)19-10)16-18-17(23-20-16)11-3-6-13(22)7-4-11/h5,8-9,11,13-15,22H,3-4,6-7H2,1-2H3. The van der Waals surface area contributed by atoms with Gasteiger partial charge in [-0.25, -0.2) is 0 Å². The fraction of sp³-hybridized carbons (Fsp3) is 0.588. The Hall–Kier alpha value is -1.95. The summed E-state index contributed by atoms with van der Waals surface area (Å²) in [5, 5.41) is 20.3. The number of fused-ring (bicyclic) bond motifs is 1. The number of hydrazone groups is 1. The van der Waals surface area contributed by atoms with Gasteiger partial charge in [0.2, 0.25) is 11.7 Å². The van der Waals surface area contributed by atoms with E-state index in [1.807, 2.05) is 12.1 Å². The van der Waals surface area contributed by atoms with Gasteiger partial charge in [0.1, 0.15) is 0 Å². The van der Waals surface area contributed by atoms with E-state index in [-0.39, 0.29) is 18.1 Å². The molecule has 2 atom stereocenters. The Morgan fingerprint density at radius 2 is 2.04 bits per heavy atom. The molecule has 6 nitrogen and oxygen atoms in total. The lowest BCUT2D eigenvalue weighted by atomic mass is 9.87. The van der Waals surface area contributed by atoms with E-state index in [9.17, 15) is 5.11 Å². The first-order valence-corrected chi connectivity index (χ1v) is 8.32. The van der Waals surface area contributed by atoms with Gasteiger partial charge < -0.3 is 9.63 Å². The van der Waals surface area contributed by atoms with Gasteiger partial charge in [0, 0.05) is 30.2 Å². The Bertz CT molecular complexity index is 683. The normalized spacial score (nSPS) is 33.4. The van der Waals surface area contributed by atoms with Crippen molar-refractivity contribution < 1.29 is 9.63 Å². The number of allylic oxidation sites excluding steroid dienone is 2. The van der Waals surface area contributed by atoms with Gasteiger partial charge >= 0.3 is 0 Å². The van der Waals surface area contributed by atoms with Gasteiger partial charge in [-0.1, -0.05) is 17.3 Å². The zero-order valence-corrected chi connectivity index (χ0v) is 13.5. The van der Waals surface area contributed by atoms with Crippen LogP contribution in [0.5, 0.6) is 0 Å². The number of aliphatic hydroxyl groups is 1. The van der Waals surface area contributed by atoms with Crippen molar-refractivity contribution in [2.75, 3.05) is 7.05 Å². The average Bonchev–Trinajstić information content (AvgIpc) is 3.14. The maximum Gasteiger partial charge on any atom is 0.230 e. The molecule has 6 heteroatoms. The highest BCUT2D eigenvalue weighted by Crippen LogP contribution is 2.34. The first kappa shape index (κ1) is 14.6. The third-order valence-corrected chi connectivity index (χ3v) is 5.18. The quantitative estimate of drug-likeness (QED) is 0.907. The van der Waals surface area contributed by atoms with Crippen LogP contribution in [0.25, 0.3) is 5.57 Å². The van der Waals surface area contributed by atoms with Crippen LogP contribution >= 0.6 is 0 Å². The highest BCUT2D eigenvalue weighted by atomic mass is 16.5. The first-order chi connectivity index (χ1) is 11.1. The van der Waals surface area contributed by atoms with E-state index in [4.69, 9.17) is 4.52 Å². The predicted molar refractivity (Wildman–Crippen MR) is 86.8 cm³/mol. The number of aliphatic hydroxyl groups excluding tert-OH is 1. The Morgan fingerprint density at radius 1 is 1.26 bits per heavy atom. The van der Waals surface area contributed by atoms with Crippen molar-refractivity contribution in [2.45, 2.75) is 50.7 Å². The molecule has 4 rings (SSSR count). The second-order valence-electron chi connectivity index (χ2n) is 6.77. The minimum Gasteiger partial charge on any atom is -0.393 e. The summed E-state index contributed by atoms with van der Waals surface area (Å²) in [6, 6.07) is 0.238. The molecule has 122 valence electrons. The minimum atomic E-state index is -0.171. The zero-order chi connectivity index (χ0) is 16.0. The molecule has 1 fully saturated rings. The second kappa shape index (κ2) is 5.60. The molecule has 0 bridgehead atoms. The van der Waals surface area contributed by atoms with Crippen LogP contribution in [0.1, 0.15) is 50.2 Å². The Morgan fingerprint density at radius 3 is 2.83 bits per heavy atom. The van der Waals surface area contributed by atoms with Gasteiger partial charge in [0.15, 0.2) is 0 Å². The summed E-state index contributed by atoms with van der Waals surface area (Å²) >= 11 is 0. The fourth-order valence-corrected chi connectivity index (χ4v) is 3.76. The van der Waals surface area contributed by atoms with Crippen LogP contribution in [-0.2, 0) is 0 Å². The molecule has 23 heavy (non-hydrogen) atoms. The third kappa shape index (κ3) is 2.61. The van der Waals surface area contributed by atoms with E-state index >= 15 is 0 Å². The number of nitrogens with zero attached hydrogens (tertiary/aromatic N) is 4. The molecule has 0 saturated heterocycles. The lowest BCUT2D eigenvalue weighted by molar-refractivity contribution is 0.116. The number of hydrogen-bond donors (Lipinski definition) is 1. The SMILES string of the molecule is CC1=NN(C)C2C=C(c3noc(C4CCC(O)CC4)n3)C=CC12. The summed E-state index contributed by atoms with van der Waals surface area (Å²) in [6.45, 7) is 2.06. The molecule has 1 saturated carbocycles. The third-order valence-electron chi connectivity index (χ3n) is 5.18. The van der Waals surface area contributed by atoms with Crippen molar-refractivity contribution in [1.82, 2.24) is 15.1 Å². The van der Waals surface area contributed by atoms with Crippen LogP contribution in [0.4, 0.5) is 0 Å². The fourth-order valence-electron chi connectivity index (χ4n) is 3.76. The topological polar surface area (TPSA) is 74.8 Å². The van der Waals surface area contributed by atoms with Gasteiger partial charge in [-0.05, 0) is 38.7 Å². The van der Waals surface area contributed by atoms with Gasteiger partial charge in [-0.2, -0.15) is 10.1 Å². The van der Waals surface area contributed by atoms with Crippen LogP contribution in [-0.4, -0.2) is 45.2 Å². The average molecular weight is 314 g/mol. The zero-order valence-electron chi connectivity index (χ0n) is 13.5. The van der Waals surface area contributed by atoms with Crippen LogP contribution in [0.15, 0.2) is 27.9 Å². The lowest BCUT2D eigenvalue weighted by Crippen LogP contribution is -2.29. The van der Waals surface area contributed by atoms with Crippen molar-refractivity contribution in [3.05, 3.63) is 29.9 Å². The molecule has 0 radical (unpaired) electrons. The number of aromatic nitrogens is 2. The summed E-state index contributed by atoms with van der Waals surface area (Å²) in [4.78, 5) is 4.61. The van der Waals surface area contributed by atoms with E-state index in [0.29, 0.717) is 17.6 Å². The monoisotopic (exact) mass is 314 g/mol. The second-order valence-corrected chi connectivity index (χ2v) is 6.77. The molecule has 1 aromatic heterocycles. The van der Waals surface area contributed by atoms with Crippen molar-refractivity contribution in [1.29, 1.82) is 0 Å². The van der Waals surface area contributed by atoms with Gasteiger partial charge in [-0.15, -0.1) is 0 Å². The molecular formula is C17H22N4O2. The smallest absolute Gasteiger partial charge is 0.230 e. The van der Waals surface area contributed by atoms with Gasteiger partial charge in [-0.3, -0.25) is 5.01 Å². The van der Waals surface area contributed by atoms with Crippen molar-refractivity contribution >= 4 is 11.3 Å². The lowest BCUT2D eigenvalue weighted by Gasteiger charge is -2.23. The largest absolute Gasteiger partial charge is 0.393 e. The summed E-state index contributed by atoms with van der Waals surface area (Å²) in [5.41, 5.74) is 2.13. The summed E-state index contributed by atoms with van der Waals surface area (Å²) in [7, 11) is 2.00. The van der Waals surface area contributed by atoms with Crippen molar-refractivity contribution in [3.8, 4) is 0 Å². The van der Waals surface area contributed by atoms with Gasteiger partial charge in [0.25, 0.3) is 0 Å². The maximum atomic E-state index is 9.62. The molecule has 1 N–H and O–H groups in total. The molecule has 1 aromatic rings. The number of likely N-dealkylation sites (N-methyl/N-ethyl adjacent to an activating group) is 1.